The van der Waals surface area contributed by atoms with Crippen LogP contribution in [-0.2, 0) is 16.1 Å². The van der Waals surface area contributed by atoms with Gasteiger partial charge in [-0.05, 0) is 18.1 Å². The number of thioether (sulfide) groups is 1. The number of hydrogen-bond acceptors (Lipinski definition) is 5. The molecule has 2 rings (SSSR count). The van der Waals surface area contributed by atoms with Gasteiger partial charge in [0.15, 0.2) is 5.16 Å². The average Bonchev–Trinajstić information content (AvgIpc) is 2.57. The van der Waals surface area contributed by atoms with Crippen LogP contribution in [0.4, 0.5) is 0 Å². The smallest absolute Gasteiger partial charge is 0.262 e. The zero-order valence-electron chi connectivity index (χ0n) is 14.2. The van der Waals surface area contributed by atoms with Gasteiger partial charge in [-0.25, -0.2) is 4.98 Å². The molecule has 0 spiro atoms. The predicted octanol–water partition coefficient (Wildman–Crippen LogP) is 1.91. The Labute approximate surface area is 145 Å². The third kappa shape index (κ3) is 4.82. The van der Waals surface area contributed by atoms with Crippen LogP contribution in [0, 0.1) is 5.92 Å². The van der Waals surface area contributed by atoms with Crippen LogP contribution in [0.25, 0.3) is 10.9 Å². The van der Waals surface area contributed by atoms with E-state index in [1.54, 1.807) is 23.8 Å². The first kappa shape index (κ1) is 18.5. The van der Waals surface area contributed by atoms with Gasteiger partial charge in [-0.1, -0.05) is 37.7 Å². The number of nitrogens with one attached hydrogen (secondary N) is 1. The molecule has 0 aliphatic carbocycles. The summed E-state index contributed by atoms with van der Waals surface area (Å²) in [5.74, 6) is 0.567. The minimum atomic E-state index is -0.109. The molecule has 1 amide bonds. The molecule has 2 aromatic rings. The molecule has 0 unspecified atom stereocenters. The highest BCUT2D eigenvalue weighted by Gasteiger charge is 2.13. The lowest BCUT2D eigenvalue weighted by molar-refractivity contribution is -0.118. The maximum atomic E-state index is 12.7. The number of hydrogen-bond donors (Lipinski definition) is 1. The van der Waals surface area contributed by atoms with Crippen LogP contribution in [0.3, 0.4) is 0 Å². The molecule has 1 N–H and O–H groups in total. The van der Waals surface area contributed by atoms with E-state index in [-0.39, 0.29) is 17.2 Å². The summed E-state index contributed by atoms with van der Waals surface area (Å²) in [4.78, 5) is 29.1. The number of aromatic nitrogens is 2. The number of nitrogens with zero attached hydrogens (tertiary/aromatic N) is 2. The maximum Gasteiger partial charge on any atom is 0.262 e. The van der Waals surface area contributed by atoms with Crippen LogP contribution >= 0.6 is 11.8 Å². The van der Waals surface area contributed by atoms with Gasteiger partial charge in [0.05, 0.1) is 29.8 Å². The number of para-hydroxylation sites is 1. The van der Waals surface area contributed by atoms with Gasteiger partial charge in [-0.2, -0.15) is 0 Å². The SMILES string of the molecule is COCCn1c(SCC(=O)NCC(C)C)nc2ccccc2c1=O. The van der Waals surface area contributed by atoms with E-state index in [0.717, 1.165) is 0 Å². The summed E-state index contributed by atoms with van der Waals surface area (Å²) in [5, 5.41) is 3.98. The molecule has 0 aliphatic rings. The molecule has 1 heterocycles. The Bertz CT molecular complexity index is 758. The lowest BCUT2D eigenvalue weighted by Gasteiger charge is -2.13. The molecule has 24 heavy (non-hydrogen) atoms. The lowest BCUT2D eigenvalue weighted by atomic mass is 10.2. The molecule has 0 aliphatic heterocycles. The molecule has 7 heteroatoms. The number of amides is 1. The number of ether oxygens (including phenoxy) is 1. The fraction of sp³-hybridized carbons (Fsp3) is 0.471. The molecule has 6 nitrogen and oxygen atoms in total. The first-order valence-corrected chi connectivity index (χ1v) is 8.89. The minimum absolute atomic E-state index is 0.0607. The second-order valence-corrected chi connectivity index (χ2v) is 6.79. The Morgan fingerprint density at radius 1 is 1.38 bits per heavy atom. The van der Waals surface area contributed by atoms with E-state index in [9.17, 15) is 9.59 Å². The van der Waals surface area contributed by atoms with Crippen molar-refractivity contribution in [3.63, 3.8) is 0 Å². The Morgan fingerprint density at radius 2 is 2.12 bits per heavy atom. The molecule has 0 atom stereocenters. The van der Waals surface area contributed by atoms with Crippen LogP contribution in [0.1, 0.15) is 13.8 Å². The van der Waals surface area contributed by atoms with Crippen molar-refractivity contribution < 1.29 is 9.53 Å². The molecule has 0 saturated heterocycles. The van der Waals surface area contributed by atoms with Gasteiger partial charge in [0.2, 0.25) is 5.91 Å². The summed E-state index contributed by atoms with van der Waals surface area (Å²) in [7, 11) is 1.59. The van der Waals surface area contributed by atoms with Crippen molar-refractivity contribution in [2.24, 2.45) is 5.92 Å². The van der Waals surface area contributed by atoms with Gasteiger partial charge >= 0.3 is 0 Å². The minimum Gasteiger partial charge on any atom is -0.383 e. The fourth-order valence-corrected chi connectivity index (χ4v) is 2.99. The molecule has 0 bridgehead atoms. The Balaban J connectivity index is 2.23. The van der Waals surface area contributed by atoms with Crippen LogP contribution in [0.5, 0.6) is 0 Å². The fourth-order valence-electron chi connectivity index (χ4n) is 2.14. The van der Waals surface area contributed by atoms with Crippen molar-refractivity contribution in [1.29, 1.82) is 0 Å². The van der Waals surface area contributed by atoms with E-state index in [2.05, 4.69) is 10.3 Å². The summed E-state index contributed by atoms with van der Waals surface area (Å²) >= 11 is 1.27. The number of benzene rings is 1. The van der Waals surface area contributed by atoms with E-state index < -0.39 is 0 Å². The van der Waals surface area contributed by atoms with Crippen molar-refractivity contribution in [3.8, 4) is 0 Å². The second kappa shape index (κ2) is 8.84. The van der Waals surface area contributed by atoms with E-state index >= 15 is 0 Å². The molecular formula is C17H23N3O3S. The highest BCUT2D eigenvalue weighted by Crippen LogP contribution is 2.17. The van der Waals surface area contributed by atoms with Crippen LogP contribution in [-0.4, -0.2) is 41.5 Å². The van der Waals surface area contributed by atoms with Gasteiger partial charge in [0.25, 0.3) is 5.56 Å². The molecule has 0 saturated carbocycles. The first-order chi connectivity index (χ1) is 11.5. The number of methoxy groups -OCH3 is 1. The van der Waals surface area contributed by atoms with Crippen LogP contribution in [0.15, 0.2) is 34.2 Å². The van der Waals surface area contributed by atoms with E-state index in [4.69, 9.17) is 4.74 Å². The zero-order valence-corrected chi connectivity index (χ0v) is 15.1. The standard InChI is InChI=1S/C17H23N3O3S/c1-12(2)10-18-15(21)11-24-17-19-14-7-5-4-6-13(14)16(22)20(17)8-9-23-3/h4-7,12H,8-11H2,1-3H3,(H,18,21). The number of carbonyl (C=O) groups excluding carboxylic acids is 1. The first-order valence-electron chi connectivity index (χ1n) is 7.91. The van der Waals surface area contributed by atoms with Crippen molar-refractivity contribution >= 4 is 28.6 Å². The van der Waals surface area contributed by atoms with E-state index in [0.29, 0.717) is 41.7 Å². The van der Waals surface area contributed by atoms with Gasteiger partial charge in [-0.3, -0.25) is 14.2 Å². The summed E-state index contributed by atoms with van der Waals surface area (Å²) in [5.41, 5.74) is 0.531. The van der Waals surface area contributed by atoms with Gasteiger partial charge in [-0.15, -0.1) is 0 Å². The van der Waals surface area contributed by atoms with E-state index in [1.165, 1.54) is 11.8 Å². The maximum absolute atomic E-state index is 12.7. The molecule has 0 radical (unpaired) electrons. The topological polar surface area (TPSA) is 73.2 Å². The third-order valence-electron chi connectivity index (χ3n) is 3.39. The summed E-state index contributed by atoms with van der Waals surface area (Å²) in [6, 6.07) is 7.23. The molecular weight excluding hydrogens is 326 g/mol. The molecule has 130 valence electrons. The zero-order chi connectivity index (χ0) is 17.5. The van der Waals surface area contributed by atoms with Crippen molar-refractivity contribution in [1.82, 2.24) is 14.9 Å². The largest absolute Gasteiger partial charge is 0.383 e. The van der Waals surface area contributed by atoms with Crippen molar-refractivity contribution in [2.75, 3.05) is 26.0 Å². The van der Waals surface area contributed by atoms with Crippen molar-refractivity contribution in [2.45, 2.75) is 25.5 Å². The molecule has 1 aromatic heterocycles. The summed E-state index contributed by atoms with van der Waals surface area (Å²) < 4.78 is 6.66. The normalized spacial score (nSPS) is 11.2. The van der Waals surface area contributed by atoms with Crippen LogP contribution in [0.2, 0.25) is 0 Å². The van der Waals surface area contributed by atoms with Gasteiger partial charge in [0.1, 0.15) is 0 Å². The molecule has 0 fully saturated rings. The lowest BCUT2D eigenvalue weighted by Crippen LogP contribution is -2.30. The highest BCUT2D eigenvalue weighted by molar-refractivity contribution is 7.99. The Hall–Kier alpha value is -1.86. The van der Waals surface area contributed by atoms with Gasteiger partial charge in [0, 0.05) is 13.7 Å². The second-order valence-electron chi connectivity index (χ2n) is 5.85. The highest BCUT2D eigenvalue weighted by atomic mass is 32.2. The average molecular weight is 349 g/mol. The Kier molecular flexibility index (Phi) is 6.81. The number of carbonyl (C=O) groups is 1. The predicted molar refractivity (Wildman–Crippen MR) is 96.5 cm³/mol. The quantitative estimate of drug-likeness (QED) is 0.582. The van der Waals surface area contributed by atoms with Crippen LogP contribution < -0.4 is 10.9 Å². The number of rotatable bonds is 8. The number of fused-ring (bicyclic) bond motifs is 1. The molecule has 1 aromatic carbocycles. The van der Waals surface area contributed by atoms with Crippen molar-refractivity contribution in [3.05, 3.63) is 34.6 Å². The van der Waals surface area contributed by atoms with E-state index in [1.807, 2.05) is 26.0 Å². The summed E-state index contributed by atoms with van der Waals surface area (Å²) in [6.07, 6.45) is 0. The third-order valence-corrected chi connectivity index (χ3v) is 4.36. The van der Waals surface area contributed by atoms with Gasteiger partial charge < -0.3 is 10.1 Å². The monoisotopic (exact) mass is 349 g/mol. The summed E-state index contributed by atoms with van der Waals surface area (Å²) in [6.45, 7) is 5.54. The Morgan fingerprint density at radius 3 is 2.83 bits per heavy atom.